The van der Waals surface area contributed by atoms with E-state index < -0.39 is 11.7 Å². The molecule has 1 saturated carbocycles. The summed E-state index contributed by atoms with van der Waals surface area (Å²) in [5.41, 5.74) is 1.42. The summed E-state index contributed by atoms with van der Waals surface area (Å²) in [7, 11) is 0. The van der Waals surface area contributed by atoms with Gasteiger partial charge in [-0.3, -0.25) is 0 Å². The summed E-state index contributed by atoms with van der Waals surface area (Å²) in [6.07, 6.45) is 2.94. The Kier molecular flexibility index (Phi) is 4.56. The molecule has 0 aromatic carbocycles. The molecule has 0 aromatic heterocycles. The van der Waals surface area contributed by atoms with Crippen LogP contribution in [0, 0.1) is 11.8 Å². The number of hydrogen-bond acceptors (Lipinski definition) is 2. The van der Waals surface area contributed by atoms with Gasteiger partial charge in [0, 0.05) is 0 Å². The third kappa shape index (κ3) is 3.43. The average molecular weight is 238 g/mol. The van der Waals surface area contributed by atoms with Crippen molar-refractivity contribution in [3.63, 3.8) is 0 Å². The van der Waals surface area contributed by atoms with Gasteiger partial charge in [0.05, 0.1) is 11.7 Å². The fraction of sp³-hybridized carbons (Fsp3) is 0.733. The van der Waals surface area contributed by atoms with Crippen LogP contribution in [0.2, 0.25) is 0 Å². The average Bonchev–Trinajstić information content (AvgIpc) is 2.50. The molecule has 1 aliphatic carbocycles. The number of aliphatic hydroxyl groups excluding tert-OH is 1. The Labute approximate surface area is 105 Å². The highest BCUT2D eigenvalue weighted by Crippen LogP contribution is 2.44. The van der Waals surface area contributed by atoms with Gasteiger partial charge >= 0.3 is 0 Å². The summed E-state index contributed by atoms with van der Waals surface area (Å²) in [4.78, 5) is 0. The number of allylic oxidation sites excluding steroid dienone is 1. The Bertz CT molecular complexity index is 304. The van der Waals surface area contributed by atoms with Crippen LogP contribution in [0.25, 0.3) is 0 Å². The molecule has 4 atom stereocenters. The first kappa shape index (κ1) is 14.5. The second-order valence-electron chi connectivity index (χ2n) is 5.85. The quantitative estimate of drug-likeness (QED) is 0.723. The second-order valence-corrected chi connectivity index (χ2v) is 5.85. The van der Waals surface area contributed by atoms with E-state index in [0.717, 1.165) is 30.4 Å². The predicted molar refractivity (Wildman–Crippen MR) is 71.7 cm³/mol. The zero-order valence-electron chi connectivity index (χ0n) is 11.4. The summed E-state index contributed by atoms with van der Waals surface area (Å²) in [5, 5.41) is 19.8. The summed E-state index contributed by atoms with van der Waals surface area (Å²) < 4.78 is 0. The number of aliphatic hydroxyl groups is 2. The molecule has 0 aliphatic heterocycles. The van der Waals surface area contributed by atoms with E-state index in [1.807, 2.05) is 13.8 Å². The van der Waals surface area contributed by atoms with Crippen LogP contribution in [0.3, 0.4) is 0 Å². The first-order valence-electron chi connectivity index (χ1n) is 6.49. The van der Waals surface area contributed by atoms with Crippen LogP contribution in [0.4, 0.5) is 0 Å². The summed E-state index contributed by atoms with van der Waals surface area (Å²) in [6.45, 7) is 13.7. The highest BCUT2D eigenvalue weighted by Gasteiger charge is 2.41. The maximum absolute atomic E-state index is 10.1. The fourth-order valence-electron chi connectivity index (χ4n) is 2.67. The zero-order valence-corrected chi connectivity index (χ0v) is 11.4. The molecule has 1 aliphatic rings. The molecule has 98 valence electrons. The lowest BCUT2D eigenvalue weighted by Crippen LogP contribution is -2.29. The maximum Gasteiger partial charge on any atom is 0.0747 e. The summed E-state index contributed by atoms with van der Waals surface area (Å²) >= 11 is 0. The van der Waals surface area contributed by atoms with E-state index in [4.69, 9.17) is 0 Å². The van der Waals surface area contributed by atoms with Crippen molar-refractivity contribution in [2.45, 2.75) is 58.2 Å². The third-order valence-corrected chi connectivity index (χ3v) is 4.38. The molecular weight excluding hydrogens is 212 g/mol. The first-order valence-corrected chi connectivity index (χ1v) is 6.49. The van der Waals surface area contributed by atoms with Crippen molar-refractivity contribution < 1.29 is 10.2 Å². The van der Waals surface area contributed by atoms with Gasteiger partial charge < -0.3 is 10.2 Å². The minimum Gasteiger partial charge on any atom is -0.390 e. The SMILES string of the molecule is C=C(C)[C@H](O)CCC(=C)[C@@H]1CC[C@@](C)(O)[C@@H]1C. The number of rotatable bonds is 5. The van der Waals surface area contributed by atoms with Gasteiger partial charge in [0.1, 0.15) is 0 Å². The molecule has 0 heterocycles. The monoisotopic (exact) mass is 238 g/mol. The molecule has 2 nitrogen and oxygen atoms in total. The molecule has 1 rings (SSSR count). The molecule has 0 aromatic rings. The molecule has 0 spiro atoms. The number of hydrogen-bond donors (Lipinski definition) is 2. The van der Waals surface area contributed by atoms with E-state index in [2.05, 4.69) is 20.1 Å². The van der Waals surface area contributed by atoms with Gasteiger partial charge in [0.15, 0.2) is 0 Å². The van der Waals surface area contributed by atoms with E-state index in [9.17, 15) is 10.2 Å². The van der Waals surface area contributed by atoms with Crippen LogP contribution >= 0.6 is 0 Å². The molecule has 2 N–H and O–H groups in total. The smallest absolute Gasteiger partial charge is 0.0747 e. The standard InChI is InChI=1S/C15H26O2/c1-10(2)14(16)7-6-11(3)13-8-9-15(5,17)12(13)4/h12-14,16-17H,1,3,6-9H2,2,4-5H3/t12-,13+,14-,15-/m1/s1. The molecule has 0 unspecified atom stereocenters. The molecular formula is C15H26O2. The van der Waals surface area contributed by atoms with Crippen LogP contribution < -0.4 is 0 Å². The van der Waals surface area contributed by atoms with E-state index in [0.29, 0.717) is 12.3 Å². The van der Waals surface area contributed by atoms with Crippen molar-refractivity contribution in [1.82, 2.24) is 0 Å². The van der Waals surface area contributed by atoms with Crippen molar-refractivity contribution in [3.05, 3.63) is 24.3 Å². The van der Waals surface area contributed by atoms with Crippen molar-refractivity contribution in [3.8, 4) is 0 Å². The van der Waals surface area contributed by atoms with Gasteiger partial charge in [0.2, 0.25) is 0 Å². The van der Waals surface area contributed by atoms with E-state index in [-0.39, 0.29) is 5.92 Å². The minimum atomic E-state index is -0.555. The van der Waals surface area contributed by atoms with Crippen LogP contribution in [-0.4, -0.2) is 21.9 Å². The van der Waals surface area contributed by atoms with Crippen molar-refractivity contribution in [2.75, 3.05) is 0 Å². The normalized spacial score (nSPS) is 34.6. The Balaban J connectivity index is 2.47. The highest BCUT2D eigenvalue weighted by atomic mass is 16.3. The van der Waals surface area contributed by atoms with Gasteiger partial charge in [-0.1, -0.05) is 31.2 Å². The molecule has 2 heteroatoms. The van der Waals surface area contributed by atoms with Crippen molar-refractivity contribution >= 4 is 0 Å². The van der Waals surface area contributed by atoms with E-state index in [1.54, 1.807) is 0 Å². The molecule has 17 heavy (non-hydrogen) atoms. The van der Waals surface area contributed by atoms with Crippen LogP contribution in [0.1, 0.15) is 46.5 Å². The van der Waals surface area contributed by atoms with Crippen molar-refractivity contribution in [2.24, 2.45) is 11.8 Å². The van der Waals surface area contributed by atoms with E-state index in [1.165, 1.54) is 0 Å². The lowest BCUT2D eigenvalue weighted by Gasteiger charge is -2.27. The summed E-state index contributed by atoms with van der Waals surface area (Å²) in [5.74, 6) is 0.652. The Morgan fingerprint density at radius 2 is 2.06 bits per heavy atom. The largest absolute Gasteiger partial charge is 0.390 e. The Morgan fingerprint density at radius 1 is 1.47 bits per heavy atom. The zero-order chi connectivity index (χ0) is 13.2. The summed E-state index contributed by atoms with van der Waals surface area (Å²) in [6, 6.07) is 0. The molecule has 0 amide bonds. The van der Waals surface area contributed by atoms with Crippen LogP contribution in [0.5, 0.6) is 0 Å². The van der Waals surface area contributed by atoms with Crippen molar-refractivity contribution in [1.29, 1.82) is 0 Å². The van der Waals surface area contributed by atoms with Gasteiger partial charge in [-0.05, 0) is 51.4 Å². The predicted octanol–water partition coefficient (Wildman–Crippen LogP) is 3.06. The van der Waals surface area contributed by atoms with E-state index >= 15 is 0 Å². The maximum atomic E-state index is 10.1. The third-order valence-electron chi connectivity index (χ3n) is 4.38. The van der Waals surface area contributed by atoms with Gasteiger partial charge in [-0.2, -0.15) is 0 Å². The van der Waals surface area contributed by atoms with Crippen LogP contribution in [-0.2, 0) is 0 Å². The molecule has 0 saturated heterocycles. The molecule has 0 radical (unpaired) electrons. The first-order chi connectivity index (χ1) is 7.75. The van der Waals surface area contributed by atoms with Gasteiger partial charge in [-0.25, -0.2) is 0 Å². The lowest BCUT2D eigenvalue weighted by atomic mass is 9.83. The fourth-order valence-corrected chi connectivity index (χ4v) is 2.67. The van der Waals surface area contributed by atoms with Crippen LogP contribution in [0.15, 0.2) is 24.3 Å². The van der Waals surface area contributed by atoms with Gasteiger partial charge in [0.25, 0.3) is 0 Å². The highest BCUT2D eigenvalue weighted by molar-refractivity contribution is 5.10. The lowest BCUT2D eigenvalue weighted by molar-refractivity contribution is 0.0213. The molecule has 0 bridgehead atoms. The molecule has 1 fully saturated rings. The Hall–Kier alpha value is -0.600. The van der Waals surface area contributed by atoms with Gasteiger partial charge in [-0.15, -0.1) is 0 Å². The Morgan fingerprint density at radius 3 is 2.47 bits per heavy atom. The minimum absolute atomic E-state index is 0.261. The topological polar surface area (TPSA) is 40.5 Å². The second kappa shape index (κ2) is 5.36.